The molecule has 4 heterocycles. The van der Waals surface area contributed by atoms with Gasteiger partial charge in [-0.2, -0.15) is 0 Å². The minimum Gasteiger partial charge on any atom is -0.324 e. The van der Waals surface area contributed by atoms with E-state index >= 15 is 0 Å². The third-order valence-corrected chi connectivity index (χ3v) is 7.79. The van der Waals surface area contributed by atoms with Gasteiger partial charge in [0.1, 0.15) is 11.4 Å². The molecule has 158 valence electrons. The lowest BCUT2D eigenvalue weighted by Gasteiger charge is -2.36. The van der Waals surface area contributed by atoms with Gasteiger partial charge in [0, 0.05) is 17.3 Å². The lowest BCUT2D eigenvalue weighted by atomic mass is 9.75. The smallest absolute Gasteiger partial charge is 0.250 e. The number of carbonyl (C=O) groups is 3. The zero-order valence-electron chi connectivity index (χ0n) is 17.3. The molecule has 0 aromatic heterocycles. The number of rotatable bonds is 1. The van der Waals surface area contributed by atoms with Crippen LogP contribution in [0.5, 0.6) is 0 Å². The molecule has 7 heteroatoms. The Balaban J connectivity index is 1.59. The van der Waals surface area contributed by atoms with E-state index in [-0.39, 0.29) is 17.6 Å². The highest BCUT2D eigenvalue weighted by Crippen LogP contribution is 2.61. The molecule has 31 heavy (non-hydrogen) atoms. The van der Waals surface area contributed by atoms with E-state index in [1.54, 1.807) is 6.07 Å². The van der Waals surface area contributed by atoms with Crippen molar-refractivity contribution < 1.29 is 18.8 Å². The van der Waals surface area contributed by atoms with Crippen LogP contribution < -0.4 is 10.2 Å². The third-order valence-electron chi connectivity index (χ3n) is 7.79. The van der Waals surface area contributed by atoms with Crippen LogP contribution in [0.15, 0.2) is 36.4 Å². The normalized spacial score (nSPS) is 31.4. The van der Waals surface area contributed by atoms with Gasteiger partial charge < -0.3 is 5.32 Å². The van der Waals surface area contributed by atoms with Crippen molar-refractivity contribution in [3.05, 3.63) is 58.9 Å². The van der Waals surface area contributed by atoms with Crippen molar-refractivity contribution in [1.82, 2.24) is 4.90 Å². The summed E-state index contributed by atoms with van der Waals surface area (Å²) in [5, 5.41) is 3.03. The van der Waals surface area contributed by atoms with Crippen LogP contribution in [0.25, 0.3) is 0 Å². The Labute approximate surface area is 179 Å². The number of anilines is 2. The first-order chi connectivity index (χ1) is 14.9. The SMILES string of the molecule is Cc1ccc2c(c1C)NC(=O)[C@]21[C@@H]2C(=O)N(c3ccccc3F)C(=O)[C@@H]2[C@@H]2CCCN21. The zero-order chi connectivity index (χ0) is 21.7. The molecule has 6 nitrogen and oxygen atoms in total. The first-order valence-corrected chi connectivity index (χ1v) is 10.7. The Kier molecular flexibility index (Phi) is 3.62. The van der Waals surface area contributed by atoms with Crippen molar-refractivity contribution in [2.24, 2.45) is 11.8 Å². The summed E-state index contributed by atoms with van der Waals surface area (Å²) in [6.45, 7) is 4.58. The maximum Gasteiger partial charge on any atom is 0.250 e. The van der Waals surface area contributed by atoms with Gasteiger partial charge in [0.25, 0.3) is 0 Å². The Bertz CT molecular complexity index is 1190. The van der Waals surface area contributed by atoms with Gasteiger partial charge in [0.15, 0.2) is 0 Å². The van der Waals surface area contributed by atoms with E-state index < -0.39 is 35.0 Å². The van der Waals surface area contributed by atoms with Gasteiger partial charge in [0.2, 0.25) is 17.7 Å². The molecule has 0 unspecified atom stereocenters. The molecule has 1 spiro atoms. The third kappa shape index (κ3) is 2.03. The maximum atomic E-state index is 14.6. The first kappa shape index (κ1) is 18.7. The van der Waals surface area contributed by atoms with E-state index in [9.17, 15) is 18.8 Å². The van der Waals surface area contributed by atoms with Crippen LogP contribution >= 0.6 is 0 Å². The molecule has 2 aromatic rings. The van der Waals surface area contributed by atoms with Crippen LogP contribution in [0.4, 0.5) is 15.8 Å². The fraction of sp³-hybridized carbons (Fsp3) is 0.375. The second kappa shape index (κ2) is 6.01. The Morgan fingerprint density at radius 2 is 1.84 bits per heavy atom. The van der Waals surface area contributed by atoms with Gasteiger partial charge in [-0.05, 0) is 56.5 Å². The number of fused-ring (bicyclic) bond motifs is 7. The minimum atomic E-state index is -1.23. The Morgan fingerprint density at radius 1 is 1.06 bits per heavy atom. The number of benzene rings is 2. The Hall–Kier alpha value is -3.06. The average molecular weight is 419 g/mol. The number of carbonyl (C=O) groups excluding carboxylic acids is 3. The summed E-state index contributed by atoms with van der Waals surface area (Å²) in [5.74, 6) is -3.30. The number of imide groups is 1. The van der Waals surface area contributed by atoms with E-state index in [4.69, 9.17) is 0 Å². The lowest BCUT2D eigenvalue weighted by molar-refractivity contribution is -0.135. The molecule has 0 aliphatic carbocycles. The van der Waals surface area contributed by atoms with E-state index in [1.807, 2.05) is 26.0 Å². The highest BCUT2D eigenvalue weighted by atomic mass is 19.1. The van der Waals surface area contributed by atoms with Crippen LogP contribution in [0.2, 0.25) is 0 Å². The van der Waals surface area contributed by atoms with Crippen molar-refractivity contribution in [3.63, 3.8) is 0 Å². The predicted octanol–water partition coefficient (Wildman–Crippen LogP) is 2.87. The standard InChI is InChI=1S/C24H22FN3O3/c1-12-9-10-14-20(13(12)2)26-23(31)24(14)19-18(17-8-5-11-27(17)24)21(29)28(22(19)30)16-7-4-3-6-15(16)25/h3-4,6-7,9-10,17-19H,5,8,11H2,1-2H3,(H,26,31)/t17-,18+,19-,24+/m0/s1. The molecule has 4 aliphatic rings. The summed E-state index contributed by atoms with van der Waals surface area (Å²) in [6.07, 6.45) is 1.59. The van der Waals surface area contributed by atoms with Crippen molar-refractivity contribution in [3.8, 4) is 0 Å². The van der Waals surface area contributed by atoms with Gasteiger partial charge in [0.05, 0.1) is 17.5 Å². The van der Waals surface area contributed by atoms with E-state index in [2.05, 4.69) is 10.2 Å². The highest BCUT2D eigenvalue weighted by molar-refractivity contribution is 6.26. The maximum absolute atomic E-state index is 14.6. The molecule has 1 N–H and O–H groups in total. The van der Waals surface area contributed by atoms with Crippen LogP contribution in [-0.2, 0) is 19.9 Å². The number of hydrogen-bond acceptors (Lipinski definition) is 4. The summed E-state index contributed by atoms with van der Waals surface area (Å²) < 4.78 is 14.6. The van der Waals surface area contributed by atoms with Gasteiger partial charge >= 0.3 is 0 Å². The topological polar surface area (TPSA) is 69.7 Å². The van der Waals surface area contributed by atoms with Crippen molar-refractivity contribution in [2.45, 2.75) is 38.3 Å². The summed E-state index contributed by atoms with van der Waals surface area (Å²) in [4.78, 5) is 44.0. The summed E-state index contributed by atoms with van der Waals surface area (Å²) >= 11 is 0. The fourth-order valence-corrected chi connectivity index (χ4v) is 6.39. The minimum absolute atomic E-state index is 0.0367. The van der Waals surface area contributed by atoms with Crippen molar-refractivity contribution in [2.75, 3.05) is 16.8 Å². The molecule has 0 bridgehead atoms. The van der Waals surface area contributed by atoms with E-state index in [0.29, 0.717) is 6.54 Å². The molecule has 6 rings (SSSR count). The molecule has 4 atom stereocenters. The lowest BCUT2D eigenvalue weighted by Crippen LogP contribution is -2.54. The monoisotopic (exact) mass is 419 g/mol. The number of halogens is 1. The van der Waals surface area contributed by atoms with Crippen LogP contribution in [-0.4, -0.2) is 35.2 Å². The molecule has 2 aromatic carbocycles. The molecular weight excluding hydrogens is 397 g/mol. The van der Waals surface area contributed by atoms with Gasteiger partial charge in [-0.25, -0.2) is 9.29 Å². The summed E-state index contributed by atoms with van der Waals surface area (Å²) in [7, 11) is 0. The molecule has 3 amide bonds. The van der Waals surface area contributed by atoms with Gasteiger partial charge in [-0.1, -0.05) is 24.3 Å². The molecule has 3 saturated heterocycles. The summed E-state index contributed by atoms with van der Waals surface area (Å²) in [5.41, 5.74) is 2.24. The first-order valence-electron chi connectivity index (χ1n) is 10.7. The van der Waals surface area contributed by atoms with E-state index in [1.165, 1.54) is 18.2 Å². The van der Waals surface area contributed by atoms with Gasteiger partial charge in [-0.15, -0.1) is 0 Å². The highest BCUT2D eigenvalue weighted by Gasteiger charge is 2.74. The zero-order valence-corrected chi connectivity index (χ0v) is 17.3. The van der Waals surface area contributed by atoms with Crippen LogP contribution in [0.1, 0.15) is 29.5 Å². The van der Waals surface area contributed by atoms with Crippen molar-refractivity contribution in [1.29, 1.82) is 0 Å². The fourth-order valence-electron chi connectivity index (χ4n) is 6.39. The number of hydrogen-bond donors (Lipinski definition) is 1. The van der Waals surface area contributed by atoms with Crippen molar-refractivity contribution >= 4 is 29.1 Å². The number of para-hydroxylation sites is 1. The molecule has 4 aliphatic heterocycles. The molecule has 0 radical (unpaired) electrons. The number of nitrogens with one attached hydrogen (secondary N) is 1. The number of nitrogens with zero attached hydrogens (tertiary/aromatic N) is 2. The summed E-state index contributed by atoms with van der Waals surface area (Å²) in [6, 6.07) is 9.48. The largest absolute Gasteiger partial charge is 0.324 e. The number of amides is 3. The second-order valence-corrected chi connectivity index (χ2v) is 9.02. The molecule has 3 fully saturated rings. The van der Waals surface area contributed by atoms with Crippen LogP contribution in [0, 0.1) is 31.5 Å². The number of aryl methyl sites for hydroxylation is 1. The second-order valence-electron chi connectivity index (χ2n) is 9.02. The van der Waals surface area contributed by atoms with Crippen LogP contribution in [0.3, 0.4) is 0 Å². The van der Waals surface area contributed by atoms with E-state index in [0.717, 1.165) is 40.1 Å². The predicted molar refractivity (Wildman–Crippen MR) is 112 cm³/mol. The quantitative estimate of drug-likeness (QED) is 0.722. The Morgan fingerprint density at radius 3 is 2.61 bits per heavy atom. The molecular formula is C24H22FN3O3. The van der Waals surface area contributed by atoms with Gasteiger partial charge in [-0.3, -0.25) is 19.3 Å². The average Bonchev–Trinajstić information content (AvgIpc) is 3.45. The molecule has 0 saturated carbocycles.